The molecule has 35 heavy (non-hydrogen) atoms. The molecule has 0 bridgehead atoms. The number of sulfonamides is 1. The van der Waals surface area contributed by atoms with Crippen molar-refractivity contribution in [3.05, 3.63) is 100 Å². The molecule has 0 unspecified atom stereocenters. The third-order valence-corrected chi connectivity index (χ3v) is 7.62. The number of halogens is 2. The van der Waals surface area contributed by atoms with E-state index in [0.29, 0.717) is 11.3 Å². The summed E-state index contributed by atoms with van der Waals surface area (Å²) in [5.74, 6) is -0.249. The second-order valence-corrected chi connectivity index (χ2v) is 10.5. The summed E-state index contributed by atoms with van der Waals surface area (Å²) in [6.07, 6.45) is 0. The molecule has 180 valence electrons. The molecule has 0 fully saturated rings. The van der Waals surface area contributed by atoms with Gasteiger partial charge in [-0.1, -0.05) is 59.3 Å². The molecule has 8 nitrogen and oxygen atoms in total. The van der Waals surface area contributed by atoms with Gasteiger partial charge in [0.2, 0.25) is 9.47 Å². The molecule has 0 spiro atoms. The van der Waals surface area contributed by atoms with E-state index in [4.69, 9.17) is 16.3 Å². The Morgan fingerprint density at radius 2 is 1.66 bits per heavy atom. The summed E-state index contributed by atoms with van der Waals surface area (Å²) >= 11 is 6.72. The van der Waals surface area contributed by atoms with Crippen molar-refractivity contribution in [3.63, 3.8) is 0 Å². The van der Waals surface area contributed by atoms with Gasteiger partial charge in [-0.3, -0.25) is 10.1 Å². The number of carbonyl (C=O) groups excluding carboxylic acids is 1. The van der Waals surface area contributed by atoms with Crippen LogP contribution in [0.3, 0.4) is 0 Å². The Bertz CT molecular complexity index is 1430. The quantitative estimate of drug-likeness (QED) is 0.304. The van der Waals surface area contributed by atoms with E-state index < -0.39 is 15.9 Å². The second kappa shape index (κ2) is 10.9. The predicted molar refractivity (Wildman–Crippen MR) is 131 cm³/mol. The SMILES string of the molecule is O=C(Nc1nnc(S(=O)(=O)NCc2ccc(OCc3ccc(F)cc3)cc2)s1)c1ccccc1Cl. The minimum Gasteiger partial charge on any atom is -0.489 e. The van der Waals surface area contributed by atoms with Crippen molar-refractivity contribution in [1.29, 1.82) is 0 Å². The Morgan fingerprint density at radius 3 is 2.37 bits per heavy atom. The molecule has 1 heterocycles. The number of anilines is 1. The summed E-state index contributed by atoms with van der Waals surface area (Å²) in [5, 5.41) is 10.2. The third kappa shape index (κ3) is 6.61. The van der Waals surface area contributed by atoms with E-state index in [1.807, 2.05) is 0 Å². The zero-order valence-electron chi connectivity index (χ0n) is 17.9. The molecule has 0 saturated heterocycles. The molecule has 2 N–H and O–H groups in total. The van der Waals surface area contributed by atoms with Crippen LogP contribution in [0, 0.1) is 5.82 Å². The minimum absolute atomic E-state index is 0.0153. The fourth-order valence-corrected chi connectivity index (χ4v) is 5.04. The predicted octanol–water partition coefficient (Wildman–Crippen LogP) is 4.64. The summed E-state index contributed by atoms with van der Waals surface area (Å²) in [5.41, 5.74) is 1.75. The molecule has 0 saturated carbocycles. The highest BCUT2D eigenvalue weighted by atomic mass is 35.5. The second-order valence-electron chi connectivity index (χ2n) is 7.19. The molecule has 3 aromatic carbocycles. The van der Waals surface area contributed by atoms with Crippen LogP contribution in [0.15, 0.2) is 77.1 Å². The van der Waals surface area contributed by atoms with Gasteiger partial charge in [-0.15, -0.1) is 10.2 Å². The van der Waals surface area contributed by atoms with Crippen LogP contribution in [0.5, 0.6) is 5.75 Å². The van der Waals surface area contributed by atoms with Gasteiger partial charge in [-0.25, -0.2) is 17.5 Å². The first-order valence-corrected chi connectivity index (χ1v) is 12.8. The van der Waals surface area contributed by atoms with Crippen molar-refractivity contribution < 1.29 is 22.3 Å². The molecule has 0 aliphatic heterocycles. The number of hydrogen-bond donors (Lipinski definition) is 2. The van der Waals surface area contributed by atoms with E-state index in [2.05, 4.69) is 20.2 Å². The lowest BCUT2D eigenvalue weighted by Crippen LogP contribution is -2.23. The molecule has 1 aromatic heterocycles. The molecule has 0 radical (unpaired) electrons. The maximum absolute atomic E-state index is 13.0. The Kier molecular flexibility index (Phi) is 7.71. The molecule has 4 rings (SSSR count). The molecule has 0 aliphatic rings. The lowest BCUT2D eigenvalue weighted by Gasteiger charge is -2.08. The van der Waals surface area contributed by atoms with Crippen molar-refractivity contribution in [1.82, 2.24) is 14.9 Å². The molecule has 12 heteroatoms. The highest BCUT2D eigenvalue weighted by molar-refractivity contribution is 7.91. The molecule has 0 aliphatic carbocycles. The smallest absolute Gasteiger partial charge is 0.270 e. The van der Waals surface area contributed by atoms with E-state index in [1.165, 1.54) is 18.2 Å². The van der Waals surface area contributed by atoms with Crippen LogP contribution < -0.4 is 14.8 Å². The summed E-state index contributed by atoms with van der Waals surface area (Å²) in [4.78, 5) is 12.3. The first kappa shape index (κ1) is 24.7. The maximum atomic E-state index is 13.0. The highest BCUT2D eigenvalue weighted by Gasteiger charge is 2.21. The van der Waals surface area contributed by atoms with E-state index in [-0.39, 0.29) is 39.0 Å². The molecule has 0 atom stereocenters. The van der Waals surface area contributed by atoms with Gasteiger partial charge in [0.25, 0.3) is 15.9 Å². The van der Waals surface area contributed by atoms with Crippen LogP contribution in [0.25, 0.3) is 0 Å². The van der Waals surface area contributed by atoms with Gasteiger partial charge < -0.3 is 4.74 Å². The van der Waals surface area contributed by atoms with Crippen LogP contribution >= 0.6 is 22.9 Å². The van der Waals surface area contributed by atoms with Crippen molar-refractivity contribution in [2.24, 2.45) is 0 Å². The highest BCUT2D eigenvalue weighted by Crippen LogP contribution is 2.23. The van der Waals surface area contributed by atoms with Crippen molar-refractivity contribution in [3.8, 4) is 5.75 Å². The molecule has 4 aromatic rings. The molecular formula is C23H18ClFN4O4S2. The number of aromatic nitrogens is 2. The van der Waals surface area contributed by atoms with Gasteiger partial charge in [0.1, 0.15) is 18.2 Å². The topological polar surface area (TPSA) is 110 Å². The largest absolute Gasteiger partial charge is 0.489 e. The van der Waals surface area contributed by atoms with Gasteiger partial charge in [0.05, 0.1) is 10.6 Å². The van der Waals surface area contributed by atoms with Crippen LogP contribution in [-0.2, 0) is 23.2 Å². The average Bonchev–Trinajstić information content (AvgIpc) is 3.33. The van der Waals surface area contributed by atoms with Crippen molar-refractivity contribution >= 4 is 44.0 Å². The molecular weight excluding hydrogens is 515 g/mol. The van der Waals surface area contributed by atoms with Gasteiger partial charge >= 0.3 is 0 Å². The normalized spacial score (nSPS) is 11.3. The summed E-state index contributed by atoms with van der Waals surface area (Å²) < 4.78 is 46.0. The Labute approximate surface area is 209 Å². The fraction of sp³-hybridized carbons (Fsp3) is 0.0870. The van der Waals surface area contributed by atoms with Crippen molar-refractivity contribution in [2.75, 3.05) is 5.32 Å². The van der Waals surface area contributed by atoms with Gasteiger partial charge in [0, 0.05) is 6.54 Å². The van der Waals surface area contributed by atoms with E-state index >= 15 is 0 Å². The van der Waals surface area contributed by atoms with E-state index in [9.17, 15) is 17.6 Å². The standard InChI is InChI=1S/C23H18ClFN4O4S2/c24-20-4-2-1-3-19(20)21(30)27-22-28-29-23(34-22)35(31,32)26-13-15-7-11-18(12-8-15)33-14-16-5-9-17(25)10-6-16/h1-12,26H,13-14H2,(H,27,28,30). The number of benzene rings is 3. The maximum Gasteiger partial charge on any atom is 0.270 e. The van der Waals surface area contributed by atoms with Crippen LogP contribution in [0.2, 0.25) is 5.02 Å². The first-order chi connectivity index (χ1) is 16.8. The lowest BCUT2D eigenvalue weighted by molar-refractivity contribution is 0.102. The Morgan fingerprint density at radius 1 is 0.971 bits per heavy atom. The lowest BCUT2D eigenvalue weighted by atomic mass is 10.2. The van der Waals surface area contributed by atoms with Gasteiger partial charge in [-0.05, 0) is 47.5 Å². The average molecular weight is 533 g/mol. The summed E-state index contributed by atoms with van der Waals surface area (Å²) in [7, 11) is -3.95. The van der Waals surface area contributed by atoms with Gasteiger partial charge in [-0.2, -0.15) is 0 Å². The molecule has 1 amide bonds. The Hall–Kier alpha value is -3.38. The van der Waals surface area contributed by atoms with Crippen LogP contribution in [0.4, 0.5) is 9.52 Å². The Balaban J connectivity index is 1.31. The van der Waals surface area contributed by atoms with E-state index in [0.717, 1.165) is 16.9 Å². The zero-order chi connectivity index (χ0) is 24.8. The number of nitrogens with one attached hydrogen (secondary N) is 2. The fourth-order valence-electron chi connectivity index (χ4n) is 2.87. The monoisotopic (exact) mass is 532 g/mol. The number of amides is 1. The van der Waals surface area contributed by atoms with E-state index in [1.54, 1.807) is 54.6 Å². The minimum atomic E-state index is -3.95. The summed E-state index contributed by atoms with van der Waals surface area (Å²) in [6.45, 7) is 0.292. The third-order valence-electron chi connectivity index (χ3n) is 4.68. The van der Waals surface area contributed by atoms with Crippen LogP contribution in [0.1, 0.15) is 21.5 Å². The number of rotatable bonds is 9. The van der Waals surface area contributed by atoms with Crippen molar-refractivity contribution in [2.45, 2.75) is 17.5 Å². The number of hydrogen-bond acceptors (Lipinski definition) is 7. The number of carbonyl (C=O) groups is 1. The van der Waals surface area contributed by atoms with Gasteiger partial charge in [0.15, 0.2) is 0 Å². The number of nitrogens with zero attached hydrogens (tertiary/aromatic N) is 2. The zero-order valence-corrected chi connectivity index (χ0v) is 20.3. The summed E-state index contributed by atoms with van der Waals surface area (Å²) in [6, 6.07) is 19.3. The number of ether oxygens (including phenoxy) is 1. The van der Waals surface area contributed by atoms with Crippen LogP contribution in [-0.4, -0.2) is 24.5 Å². The first-order valence-electron chi connectivity index (χ1n) is 10.2.